The molecular formula is C31H24N2. The average molecular weight is 425 g/mol. The summed E-state index contributed by atoms with van der Waals surface area (Å²) < 4.78 is 2.38. The zero-order valence-electron chi connectivity index (χ0n) is 18.5. The van der Waals surface area contributed by atoms with Crippen LogP contribution >= 0.6 is 0 Å². The summed E-state index contributed by atoms with van der Waals surface area (Å²) >= 11 is 0. The van der Waals surface area contributed by atoms with E-state index in [1.165, 1.54) is 38.6 Å². The first-order valence-electron chi connectivity index (χ1n) is 11.3. The van der Waals surface area contributed by atoms with Gasteiger partial charge >= 0.3 is 0 Å². The molecule has 0 aliphatic carbocycles. The molecule has 5 aromatic carbocycles. The quantitative estimate of drug-likeness (QED) is 0.277. The molecule has 0 amide bonds. The molecule has 33 heavy (non-hydrogen) atoms. The Balaban J connectivity index is 1.48. The van der Waals surface area contributed by atoms with E-state index in [1.54, 1.807) is 0 Å². The fraction of sp³-hybridized carbons (Fsp3) is 0.0323. The van der Waals surface area contributed by atoms with Crippen LogP contribution in [0.2, 0.25) is 0 Å². The number of hydrogen-bond acceptors (Lipinski definition) is 1. The summed E-state index contributed by atoms with van der Waals surface area (Å²) in [6, 6.07) is 45.3. The third-order valence-corrected chi connectivity index (χ3v) is 6.43. The van der Waals surface area contributed by atoms with Crippen molar-refractivity contribution in [3.63, 3.8) is 0 Å². The fourth-order valence-electron chi connectivity index (χ4n) is 4.77. The largest absolute Gasteiger partial charge is 0.343 e. The minimum absolute atomic E-state index is 1.16. The summed E-state index contributed by atoms with van der Waals surface area (Å²) in [5.41, 5.74) is 8.39. The Kier molecular flexibility index (Phi) is 4.70. The predicted molar refractivity (Wildman–Crippen MR) is 141 cm³/mol. The van der Waals surface area contributed by atoms with Gasteiger partial charge in [-0.1, -0.05) is 91.0 Å². The lowest BCUT2D eigenvalue weighted by atomic mass is 10.1. The number of para-hydroxylation sites is 4. The van der Waals surface area contributed by atoms with E-state index < -0.39 is 0 Å². The summed E-state index contributed by atoms with van der Waals surface area (Å²) in [5.74, 6) is 0. The van der Waals surface area contributed by atoms with Crippen molar-refractivity contribution in [1.29, 1.82) is 0 Å². The maximum absolute atomic E-state index is 2.38. The number of nitrogens with zero attached hydrogens (tertiary/aromatic N) is 2. The molecule has 0 atom stereocenters. The summed E-state index contributed by atoms with van der Waals surface area (Å²) in [5, 5.41) is 2.55. The highest BCUT2D eigenvalue weighted by atomic mass is 15.1. The minimum atomic E-state index is 1.16. The summed E-state index contributed by atoms with van der Waals surface area (Å²) in [6.07, 6.45) is 0. The van der Waals surface area contributed by atoms with Gasteiger partial charge in [-0.05, 0) is 47.5 Å². The smallest absolute Gasteiger partial charge is 0.0699 e. The molecule has 2 nitrogen and oxygen atoms in total. The highest BCUT2D eigenvalue weighted by Crippen LogP contribution is 2.37. The summed E-state index contributed by atoms with van der Waals surface area (Å²) in [6.45, 7) is 0. The molecule has 0 aliphatic rings. The SMILES string of the molecule is CN(c1ccc(-c2ccccc2)cc1)c1ccccc1-n1c2ccccc2c2ccccc21. The monoisotopic (exact) mass is 424 g/mol. The Morgan fingerprint density at radius 3 is 1.67 bits per heavy atom. The molecule has 0 saturated heterocycles. The molecule has 0 fully saturated rings. The standard InChI is InChI=1S/C31H24N2/c1-32(25-21-19-24(20-22-25)23-11-3-2-4-12-23)30-17-9-10-18-31(30)33-28-15-7-5-13-26(28)27-14-6-8-16-29(27)33/h2-22H,1H3. The van der Waals surface area contributed by atoms with Crippen molar-refractivity contribution >= 4 is 33.2 Å². The second-order valence-corrected chi connectivity index (χ2v) is 8.33. The van der Waals surface area contributed by atoms with E-state index in [-0.39, 0.29) is 0 Å². The molecule has 0 radical (unpaired) electrons. The van der Waals surface area contributed by atoms with Gasteiger partial charge in [0.2, 0.25) is 0 Å². The van der Waals surface area contributed by atoms with Crippen LogP contribution in [-0.4, -0.2) is 11.6 Å². The van der Waals surface area contributed by atoms with Crippen LogP contribution in [-0.2, 0) is 0 Å². The van der Waals surface area contributed by atoms with E-state index >= 15 is 0 Å². The number of aromatic nitrogens is 1. The van der Waals surface area contributed by atoms with Gasteiger partial charge in [-0.15, -0.1) is 0 Å². The zero-order valence-corrected chi connectivity index (χ0v) is 18.5. The van der Waals surface area contributed by atoms with E-state index in [2.05, 4.69) is 144 Å². The Morgan fingerprint density at radius 1 is 0.485 bits per heavy atom. The number of hydrogen-bond donors (Lipinski definition) is 0. The van der Waals surface area contributed by atoms with Crippen molar-refractivity contribution in [1.82, 2.24) is 4.57 Å². The first-order valence-corrected chi connectivity index (χ1v) is 11.3. The maximum atomic E-state index is 2.38. The van der Waals surface area contributed by atoms with Crippen molar-refractivity contribution in [3.05, 3.63) is 127 Å². The lowest BCUT2D eigenvalue weighted by Gasteiger charge is -2.24. The number of rotatable bonds is 4. The molecule has 1 aromatic heterocycles. The van der Waals surface area contributed by atoms with Crippen molar-refractivity contribution in [2.75, 3.05) is 11.9 Å². The molecule has 0 saturated carbocycles. The van der Waals surface area contributed by atoms with Crippen molar-refractivity contribution < 1.29 is 0 Å². The average Bonchev–Trinajstić information content (AvgIpc) is 3.23. The lowest BCUT2D eigenvalue weighted by molar-refractivity contribution is 1.12. The topological polar surface area (TPSA) is 8.17 Å². The molecule has 6 rings (SSSR count). The highest BCUT2D eigenvalue weighted by molar-refractivity contribution is 6.09. The van der Waals surface area contributed by atoms with Gasteiger partial charge in [-0.2, -0.15) is 0 Å². The molecule has 2 heteroatoms. The molecular weight excluding hydrogens is 400 g/mol. The van der Waals surface area contributed by atoms with Crippen LogP contribution in [0.1, 0.15) is 0 Å². The van der Waals surface area contributed by atoms with E-state index in [4.69, 9.17) is 0 Å². The van der Waals surface area contributed by atoms with Crippen molar-refractivity contribution in [2.45, 2.75) is 0 Å². The van der Waals surface area contributed by atoms with Gasteiger partial charge in [-0.25, -0.2) is 0 Å². The van der Waals surface area contributed by atoms with E-state index in [0.29, 0.717) is 0 Å². The molecule has 158 valence electrons. The van der Waals surface area contributed by atoms with Gasteiger partial charge in [-0.3, -0.25) is 0 Å². The first-order chi connectivity index (χ1) is 16.3. The lowest BCUT2D eigenvalue weighted by Crippen LogP contribution is -2.12. The first kappa shape index (κ1) is 19.4. The van der Waals surface area contributed by atoms with Crippen LogP contribution in [0.25, 0.3) is 38.6 Å². The summed E-state index contributed by atoms with van der Waals surface area (Å²) in [4.78, 5) is 2.27. The van der Waals surface area contributed by atoms with Gasteiger partial charge in [0, 0.05) is 23.5 Å². The van der Waals surface area contributed by atoms with Gasteiger partial charge in [0.1, 0.15) is 0 Å². The van der Waals surface area contributed by atoms with Crippen LogP contribution in [0.15, 0.2) is 127 Å². The van der Waals surface area contributed by atoms with Crippen LogP contribution in [0.3, 0.4) is 0 Å². The molecule has 6 aromatic rings. The highest BCUT2D eigenvalue weighted by Gasteiger charge is 2.16. The Bertz CT molecular complexity index is 1510. The maximum Gasteiger partial charge on any atom is 0.0699 e. The molecule has 1 heterocycles. The third kappa shape index (κ3) is 3.28. The molecule has 0 aliphatic heterocycles. The second kappa shape index (κ2) is 7.99. The Labute approximate surface area is 194 Å². The van der Waals surface area contributed by atoms with Gasteiger partial charge < -0.3 is 9.47 Å². The fourth-order valence-corrected chi connectivity index (χ4v) is 4.77. The van der Waals surface area contributed by atoms with Gasteiger partial charge in [0.15, 0.2) is 0 Å². The number of fused-ring (bicyclic) bond motifs is 3. The van der Waals surface area contributed by atoms with E-state index in [0.717, 1.165) is 11.4 Å². The van der Waals surface area contributed by atoms with E-state index in [9.17, 15) is 0 Å². The van der Waals surface area contributed by atoms with E-state index in [1.807, 2.05) is 0 Å². The number of anilines is 2. The minimum Gasteiger partial charge on any atom is -0.343 e. The molecule has 0 spiro atoms. The van der Waals surface area contributed by atoms with Gasteiger partial charge in [0.05, 0.1) is 22.4 Å². The van der Waals surface area contributed by atoms with Crippen LogP contribution in [0, 0.1) is 0 Å². The normalized spacial score (nSPS) is 11.2. The van der Waals surface area contributed by atoms with Gasteiger partial charge in [0.25, 0.3) is 0 Å². The van der Waals surface area contributed by atoms with Crippen molar-refractivity contribution in [2.24, 2.45) is 0 Å². The van der Waals surface area contributed by atoms with Crippen LogP contribution in [0.5, 0.6) is 0 Å². The second-order valence-electron chi connectivity index (χ2n) is 8.33. The van der Waals surface area contributed by atoms with Crippen LogP contribution < -0.4 is 4.90 Å². The Morgan fingerprint density at radius 2 is 1.00 bits per heavy atom. The predicted octanol–water partition coefficient (Wildman–Crippen LogP) is 8.22. The van der Waals surface area contributed by atoms with Crippen molar-refractivity contribution in [3.8, 4) is 16.8 Å². The molecule has 0 bridgehead atoms. The Hall–Kier alpha value is -4.30. The summed E-state index contributed by atoms with van der Waals surface area (Å²) in [7, 11) is 2.14. The zero-order chi connectivity index (χ0) is 22.2. The third-order valence-electron chi connectivity index (χ3n) is 6.43. The van der Waals surface area contributed by atoms with Crippen LogP contribution in [0.4, 0.5) is 11.4 Å². The number of benzene rings is 5. The molecule has 0 unspecified atom stereocenters. The molecule has 0 N–H and O–H groups in total.